The average molecular weight is 572 g/mol. The van der Waals surface area contributed by atoms with Crippen LogP contribution < -0.4 is 10.1 Å². The first kappa shape index (κ1) is 27.8. The molecule has 0 saturated carbocycles. The maximum Gasteiger partial charge on any atom is 0.261 e. The Bertz CT molecular complexity index is 1190. The molecular formula is C29H32BrClN2O3. The summed E-state index contributed by atoms with van der Waals surface area (Å²) >= 11 is 9.93. The Labute approximate surface area is 226 Å². The summed E-state index contributed by atoms with van der Waals surface area (Å²) in [6, 6.07) is 21.8. The molecule has 3 aromatic rings. The molecule has 0 aliphatic rings. The molecule has 0 unspecified atom stereocenters. The van der Waals surface area contributed by atoms with Gasteiger partial charge in [-0.3, -0.25) is 9.59 Å². The van der Waals surface area contributed by atoms with Crippen molar-refractivity contribution in [3.8, 4) is 5.75 Å². The number of carbonyl (C=O) groups excluding carboxylic acids is 2. The van der Waals surface area contributed by atoms with Crippen LogP contribution in [0.3, 0.4) is 0 Å². The number of aryl methyl sites for hydroxylation is 1. The molecule has 0 fully saturated rings. The molecule has 0 radical (unpaired) electrons. The Morgan fingerprint density at radius 2 is 1.69 bits per heavy atom. The lowest BCUT2D eigenvalue weighted by molar-refractivity contribution is -0.143. The van der Waals surface area contributed by atoms with Gasteiger partial charge in [0.1, 0.15) is 11.8 Å². The zero-order valence-electron chi connectivity index (χ0n) is 21.1. The predicted octanol–water partition coefficient (Wildman–Crippen LogP) is 6.34. The van der Waals surface area contributed by atoms with E-state index in [9.17, 15) is 9.59 Å². The van der Waals surface area contributed by atoms with Gasteiger partial charge in [0.15, 0.2) is 6.61 Å². The summed E-state index contributed by atoms with van der Waals surface area (Å²) < 4.78 is 6.82. The van der Waals surface area contributed by atoms with E-state index >= 15 is 0 Å². The molecule has 2 amide bonds. The number of benzene rings is 3. The van der Waals surface area contributed by atoms with E-state index in [0.29, 0.717) is 17.2 Å². The highest BCUT2D eigenvalue weighted by atomic mass is 79.9. The molecule has 0 bridgehead atoms. The van der Waals surface area contributed by atoms with E-state index in [1.807, 2.05) is 88.4 Å². The molecule has 1 N–H and O–H groups in total. The van der Waals surface area contributed by atoms with Gasteiger partial charge in [-0.25, -0.2) is 0 Å². The van der Waals surface area contributed by atoms with E-state index in [4.69, 9.17) is 16.3 Å². The van der Waals surface area contributed by atoms with Crippen molar-refractivity contribution in [1.82, 2.24) is 10.2 Å². The van der Waals surface area contributed by atoms with E-state index in [-0.39, 0.29) is 25.0 Å². The largest absolute Gasteiger partial charge is 0.484 e. The van der Waals surface area contributed by atoms with Crippen molar-refractivity contribution in [1.29, 1.82) is 0 Å². The Morgan fingerprint density at radius 1 is 1.03 bits per heavy atom. The summed E-state index contributed by atoms with van der Waals surface area (Å²) in [5.41, 5.74) is 2.25. The molecular weight excluding hydrogens is 540 g/mol. The number of amides is 2. The minimum Gasteiger partial charge on any atom is -0.484 e. The van der Waals surface area contributed by atoms with Gasteiger partial charge >= 0.3 is 0 Å². The Balaban J connectivity index is 1.94. The standard InChI is InChI=1S/C29H32BrClN2O3/c1-20-16-23(14-15-24(20)30)36-19-27(34)33(18-22-12-8-9-13-25(22)31)26(28(35)32-29(2,3)4)17-21-10-6-5-7-11-21/h5-16,26H,17-19H2,1-4H3,(H,32,35)/t26-/m1/s1. The van der Waals surface area contributed by atoms with Gasteiger partial charge in [-0.15, -0.1) is 0 Å². The van der Waals surface area contributed by atoms with Gasteiger partial charge in [0.25, 0.3) is 5.91 Å². The minimum absolute atomic E-state index is 0.177. The highest BCUT2D eigenvalue weighted by Gasteiger charge is 2.32. The fourth-order valence-corrected chi connectivity index (χ4v) is 4.19. The molecule has 7 heteroatoms. The van der Waals surface area contributed by atoms with Gasteiger partial charge in [-0.1, -0.05) is 76.1 Å². The third-order valence-electron chi connectivity index (χ3n) is 5.56. The molecule has 0 heterocycles. The normalized spacial score (nSPS) is 12.1. The fourth-order valence-electron chi connectivity index (χ4n) is 3.75. The monoisotopic (exact) mass is 570 g/mol. The van der Waals surface area contributed by atoms with Crippen LogP contribution in [0.2, 0.25) is 5.02 Å². The molecule has 0 aliphatic carbocycles. The van der Waals surface area contributed by atoms with E-state index in [1.54, 1.807) is 17.0 Å². The first-order valence-corrected chi connectivity index (χ1v) is 13.0. The third kappa shape index (κ3) is 8.10. The molecule has 0 saturated heterocycles. The van der Waals surface area contributed by atoms with Crippen LogP contribution in [0.1, 0.15) is 37.5 Å². The Kier molecular flexibility index (Phi) is 9.57. The number of rotatable bonds is 9. The summed E-state index contributed by atoms with van der Waals surface area (Å²) in [7, 11) is 0. The number of carbonyl (C=O) groups is 2. The van der Waals surface area contributed by atoms with Crippen molar-refractivity contribution in [2.45, 2.75) is 52.2 Å². The highest BCUT2D eigenvalue weighted by Crippen LogP contribution is 2.23. The summed E-state index contributed by atoms with van der Waals surface area (Å²) in [4.78, 5) is 28.8. The molecule has 0 aliphatic heterocycles. The van der Waals surface area contributed by atoms with E-state index < -0.39 is 11.6 Å². The van der Waals surface area contributed by atoms with Gasteiger partial charge in [0.05, 0.1) is 0 Å². The van der Waals surface area contributed by atoms with Crippen LogP contribution in [0.25, 0.3) is 0 Å². The van der Waals surface area contributed by atoms with Crippen molar-refractivity contribution in [2.75, 3.05) is 6.61 Å². The number of halogens is 2. The first-order valence-electron chi connectivity index (χ1n) is 11.8. The summed E-state index contributed by atoms with van der Waals surface area (Å²) in [5.74, 6) is 0.0484. The van der Waals surface area contributed by atoms with Crippen molar-refractivity contribution >= 4 is 39.3 Å². The van der Waals surface area contributed by atoms with Gasteiger partial charge in [0, 0.05) is 28.0 Å². The van der Waals surface area contributed by atoms with E-state index in [2.05, 4.69) is 21.2 Å². The van der Waals surface area contributed by atoms with Gasteiger partial charge in [-0.2, -0.15) is 0 Å². The fraction of sp³-hybridized carbons (Fsp3) is 0.310. The lowest BCUT2D eigenvalue weighted by Crippen LogP contribution is -2.55. The number of nitrogens with one attached hydrogen (secondary N) is 1. The number of hydrogen-bond donors (Lipinski definition) is 1. The third-order valence-corrected chi connectivity index (χ3v) is 6.82. The number of ether oxygens (including phenoxy) is 1. The Morgan fingerprint density at radius 3 is 2.33 bits per heavy atom. The topological polar surface area (TPSA) is 58.6 Å². The van der Waals surface area contributed by atoms with Crippen LogP contribution in [0.4, 0.5) is 0 Å². The first-order chi connectivity index (χ1) is 17.0. The van der Waals surface area contributed by atoms with Crippen LogP contribution in [-0.2, 0) is 22.6 Å². The minimum atomic E-state index is -0.759. The second kappa shape index (κ2) is 12.4. The lowest BCUT2D eigenvalue weighted by Gasteiger charge is -2.34. The van der Waals surface area contributed by atoms with Crippen LogP contribution in [0, 0.1) is 6.92 Å². The molecule has 36 heavy (non-hydrogen) atoms. The van der Waals surface area contributed by atoms with Crippen molar-refractivity contribution in [2.24, 2.45) is 0 Å². The van der Waals surface area contributed by atoms with Crippen LogP contribution in [-0.4, -0.2) is 34.9 Å². The van der Waals surface area contributed by atoms with Crippen LogP contribution in [0.15, 0.2) is 77.3 Å². The van der Waals surface area contributed by atoms with Crippen LogP contribution >= 0.6 is 27.5 Å². The molecule has 3 aromatic carbocycles. The van der Waals surface area contributed by atoms with Gasteiger partial charge in [-0.05, 0) is 68.7 Å². The maximum atomic E-state index is 13.7. The zero-order chi connectivity index (χ0) is 26.3. The highest BCUT2D eigenvalue weighted by molar-refractivity contribution is 9.10. The lowest BCUT2D eigenvalue weighted by atomic mass is 10.0. The van der Waals surface area contributed by atoms with Crippen LogP contribution in [0.5, 0.6) is 5.75 Å². The average Bonchev–Trinajstić information content (AvgIpc) is 2.82. The number of nitrogens with zero attached hydrogens (tertiary/aromatic N) is 1. The number of hydrogen-bond acceptors (Lipinski definition) is 3. The molecule has 3 rings (SSSR count). The molecule has 0 spiro atoms. The molecule has 1 atom stereocenters. The van der Waals surface area contributed by atoms with Gasteiger partial charge < -0.3 is 15.0 Å². The van der Waals surface area contributed by atoms with E-state index in [0.717, 1.165) is 21.2 Å². The molecule has 5 nitrogen and oxygen atoms in total. The summed E-state index contributed by atoms with van der Waals surface area (Å²) in [6.07, 6.45) is 0.357. The van der Waals surface area contributed by atoms with Crippen molar-refractivity contribution in [3.05, 3.63) is 99.0 Å². The molecule has 0 aromatic heterocycles. The predicted molar refractivity (Wildman–Crippen MR) is 148 cm³/mol. The smallest absolute Gasteiger partial charge is 0.261 e. The van der Waals surface area contributed by atoms with Gasteiger partial charge in [0.2, 0.25) is 5.91 Å². The van der Waals surface area contributed by atoms with Crippen molar-refractivity contribution in [3.63, 3.8) is 0 Å². The second-order valence-corrected chi connectivity index (χ2v) is 11.0. The maximum absolute atomic E-state index is 13.7. The summed E-state index contributed by atoms with van der Waals surface area (Å²) in [6.45, 7) is 7.68. The zero-order valence-corrected chi connectivity index (χ0v) is 23.4. The van der Waals surface area contributed by atoms with E-state index in [1.165, 1.54) is 0 Å². The summed E-state index contributed by atoms with van der Waals surface area (Å²) in [5, 5.41) is 3.59. The Hall–Kier alpha value is -2.83. The quantitative estimate of drug-likeness (QED) is 0.326. The van der Waals surface area contributed by atoms with Crippen molar-refractivity contribution < 1.29 is 14.3 Å². The SMILES string of the molecule is Cc1cc(OCC(=O)N(Cc2ccccc2Cl)[C@H](Cc2ccccc2)C(=O)NC(C)(C)C)ccc1Br. The molecule has 190 valence electrons. The second-order valence-electron chi connectivity index (χ2n) is 9.76.